The SMILES string of the molecule is C[C@@H](Oc1ccccc1)C(=O)OCC(=O)NC(N)=O. The summed E-state index contributed by atoms with van der Waals surface area (Å²) in [5.74, 6) is -1.01. The zero-order valence-electron chi connectivity index (χ0n) is 10.3. The van der Waals surface area contributed by atoms with Gasteiger partial charge in [0, 0.05) is 0 Å². The Hall–Kier alpha value is -2.57. The summed E-state index contributed by atoms with van der Waals surface area (Å²) in [6.45, 7) is 0.894. The van der Waals surface area contributed by atoms with Crippen molar-refractivity contribution in [3.8, 4) is 5.75 Å². The van der Waals surface area contributed by atoms with Gasteiger partial charge in [-0.2, -0.15) is 0 Å². The number of rotatable bonds is 5. The number of hydrogen-bond donors (Lipinski definition) is 2. The summed E-state index contributed by atoms with van der Waals surface area (Å²) in [4.78, 5) is 32.9. The molecule has 0 saturated carbocycles. The second-order valence-corrected chi connectivity index (χ2v) is 3.59. The minimum absolute atomic E-state index is 0.508. The lowest BCUT2D eigenvalue weighted by Gasteiger charge is -2.13. The first-order chi connectivity index (χ1) is 8.99. The maximum Gasteiger partial charge on any atom is 0.347 e. The quantitative estimate of drug-likeness (QED) is 0.740. The molecule has 1 aromatic rings. The number of hydrogen-bond acceptors (Lipinski definition) is 5. The Bertz CT molecular complexity index is 460. The number of nitrogens with one attached hydrogen (secondary N) is 1. The molecule has 3 N–H and O–H groups in total. The summed E-state index contributed by atoms with van der Waals surface area (Å²) < 4.78 is 9.95. The van der Waals surface area contributed by atoms with Gasteiger partial charge in [-0.25, -0.2) is 9.59 Å². The third kappa shape index (κ3) is 5.53. The molecule has 1 aromatic carbocycles. The van der Waals surface area contributed by atoms with Crippen LogP contribution >= 0.6 is 0 Å². The van der Waals surface area contributed by atoms with Crippen molar-refractivity contribution in [3.63, 3.8) is 0 Å². The molecule has 0 aliphatic carbocycles. The van der Waals surface area contributed by atoms with E-state index in [2.05, 4.69) is 4.74 Å². The largest absolute Gasteiger partial charge is 0.479 e. The summed E-state index contributed by atoms with van der Waals surface area (Å²) >= 11 is 0. The zero-order chi connectivity index (χ0) is 14.3. The van der Waals surface area contributed by atoms with Crippen LogP contribution < -0.4 is 15.8 Å². The van der Waals surface area contributed by atoms with Crippen molar-refractivity contribution in [1.29, 1.82) is 0 Å². The van der Waals surface area contributed by atoms with Gasteiger partial charge in [-0.3, -0.25) is 10.1 Å². The van der Waals surface area contributed by atoms with E-state index < -0.39 is 30.6 Å². The predicted molar refractivity (Wildman–Crippen MR) is 65.2 cm³/mol. The van der Waals surface area contributed by atoms with Crippen LogP contribution in [0.25, 0.3) is 0 Å². The molecule has 0 radical (unpaired) electrons. The third-order valence-electron chi connectivity index (χ3n) is 2.00. The number of primary amides is 1. The minimum atomic E-state index is -1.00. The predicted octanol–water partition coefficient (Wildman–Crippen LogP) is 0.192. The number of carbonyl (C=O) groups is 3. The molecule has 0 saturated heterocycles. The highest BCUT2D eigenvalue weighted by Gasteiger charge is 2.17. The summed E-state index contributed by atoms with van der Waals surface area (Å²) in [5.41, 5.74) is 4.73. The number of nitrogens with two attached hydrogens (primary N) is 1. The maximum absolute atomic E-state index is 11.5. The monoisotopic (exact) mass is 266 g/mol. The summed E-state index contributed by atoms with van der Waals surface area (Å²) in [7, 11) is 0. The summed E-state index contributed by atoms with van der Waals surface area (Å²) in [6, 6.07) is 7.69. The van der Waals surface area contributed by atoms with Crippen molar-refractivity contribution in [2.75, 3.05) is 6.61 Å². The standard InChI is InChI=1S/C12H14N2O5/c1-8(19-9-5-3-2-4-6-9)11(16)18-7-10(15)14-12(13)17/h2-6,8H,7H2,1H3,(H3,13,14,15,17)/t8-/m1/s1. The molecule has 0 unspecified atom stereocenters. The average molecular weight is 266 g/mol. The molecule has 3 amide bonds. The first kappa shape index (κ1) is 14.5. The van der Waals surface area contributed by atoms with Crippen LogP contribution in [0, 0.1) is 0 Å². The molecule has 102 valence electrons. The Morgan fingerprint density at radius 1 is 1.26 bits per heavy atom. The second kappa shape index (κ2) is 7.00. The molecule has 0 bridgehead atoms. The molecule has 7 nitrogen and oxygen atoms in total. The van der Waals surface area contributed by atoms with Gasteiger partial charge >= 0.3 is 12.0 Å². The van der Waals surface area contributed by atoms with Gasteiger partial charge in [-0.15, -0.1) is 0 Å². The van der Waals surface area contributed by atoms with Crippen LogP contribution in [-0.4, -0.2) is 30.6 Å². The molecule has 0 aliphatic rings. The van der Waals surface area contributed by atoms with Crippen molar-refractivity contribution in [2.45, 2.75) is 13.0 Å². The molecule has 0 fully saturated rings. The van der Waals surface area contributed by atoms with E-state index in [0.29, 0.717) is 5.75 Å². The Labute approximate surface area is 109 Å². The van der Waals surface area contributed by atoms with Gasteiger partial charge in [-0.1, -0.05) is 18.2 Å². The van der Waals surface area contributed by atoms with E-state index in [-0.39, 0.29) is 0 Å². The van der Waals surface area contributed by atoms with E-state index in [0.717, 1.165) is 0 Å². The van der Waals surface area contributed by atoms with E-state index >= 15 is 0 Å². The first-order valence-corrected chi connectivity index (χ1v) is 5.46. The topological polar surface area (TPSA) is 108 Å². The average Bonchev–Trinajstić information content (AvgIpc) is 2.36. The van der Waals surface area contributed by atoms with Crippen LogP contribution in [0.4, 0.5) is 4.79 Å². The summed E-state index contributed by atoms with van der Waals surface area (Å²) in [6.07, 6.45) is -0.872. The number of benzene rings is 1. The highest BCUT2D eigenvalue weighted by molar-refractivity contribution is 5.94. The van der Waals surface area contributed by atoms with Crippen molar-refractivity contribution in [1.82, 2.24) is 5.32 Å². The number of imide groups is 1. The van der Waals surface area contributed by atoms with Crippen LogP contribution in [-0.2, 0) is 14.3 Å². The highest BCUT2D eigenvalue weighted by Crippen LogP contribution is 2.11. The molecule has 1 atom stereocenters. The van der Waals surface area contributed by atoms with Gasteiger partial charge in [0.05, 0.1) is 0 Å². The van der Waals surface area contributed by atoms with Gasteiger partial charge in [0.1, 0.15) is 5.75 Å². The molecule has 7 heteroatoms. The van der Waals surface area contributed by atoms with Gasteiger partial charge in [0.2, 0.25) is 0 Å². The fourth-order valence-electron chi connectivity index (χ4n) is 1.18. The molecule has 19 heavy (non-hydrogen) atoms. The third-order valence-corrected chi connectivity index (χ3v) is 2.00. The number of amides is 3. The lowest BCUT2D eigenvalue weighted by atomic mass is 10.3. The minimum Gasteiger partial charge on any atom is -0.479 e. The van der Waals surface area contributed by atoms with Crippen molar-refractivity contribution in [3.05, 3.63) is 30.3 Å². The van der Waals surface area contributed by atoms with E-state index in [9.17, 15) is 14.4 Å². The Kier molecular flexibility index (Phi) is 5.34. The lowest BCUT2D eigenvalue weighted by molar-refractivity contribution is -0.154. The molecule has 1 rings (SSSR count). The maximum atomic E-state index is 11.5. The molecule has 0 aliphatic heterocycles. The lowest BCUT2D eigenvalue weighted by Crippen LogP contribution is -2.39. The van der Waals surface area contributed by atoms with Gasteiger partial charge in [0.15, 0.2) is 12.7 Å². The fourth-order valence-corrected chi connectivity index (χ4v) is 1.18. The van der Waals surface area contributed by atoms with E-state index in [1.165, 1.54) is 6.92 Å². The molecule has 0 heterocycles. The number of carbonyl (C=O) groups excluding carboxylic acids is 3. The van der Waals surface area contributed by atoms with Gasteiger partial charge in [0.25, 0.3) is 5.91 Å². The Balaban J connectivity index is 2.37. The Morgan fingerprint density at radius 3 is 2.47 bits per heavy atom. The summed E-state index contributed by atoms with van der Waals surface area (Å²) in [5, 5.41) is 1.77. The first-order valence-electron chi connectivity index (χ1n) is 5.46. The van der Waals surface area contributed by atoms with Crippen molar-refractivity contribution < 1.29 is 23.9 Å². The highest BCUT2D eigenvalue weighted by atomic mass is 16.6. The van der Waals surface area contributed by atoms with Crippen molar-refractivity contribution >= 4 is 17.9 Å². The fraction of sp³-hybridized carbons (Fsp3) is 0.250. The van der Waals surface area contributed by atoms with Crippen LogP contribution in [0.1, 0.15) is 6.92 Å². The van der Waals surface area contributed by atoms with E-state index in [1.807, 2.05) is 6.07 Å². The zero-order valence-corrected chi connectivity index (χ0v) is 10.3. The number of para-hydroxylation sites is 1. The normalized spacial score (nSPS) is 11.2. The van der Waals surface area contributed by atoms with Gasteiger partial charge < -0.3 is 15.2 Å². The van der Waals surface area contributed by atoms with Gasteiger partial charge in [-0.05, 0) is 19.1 Å². The number of urea groups is 1. The molecule has 0 aromatic heterocycles. The van der Waals surface area contributed by atoms with Crippen LogP contribution in [0.15, 0.2) is 30.3 Å². The smallest absolute Gasteiger partial charge is 0.347 e. The van der Waals surface area contributed by atoms with Crippen molar-refractivity contribution in [2.24, 2.45) is 5.73 Å². The number of esters is 1. The van der Waals surface area contributed by atoms with Crippen LogP contribution in [0.3, 0.4) is 0 Å². The Morgan fingerprint density at radius 2 is 1.89 bits per heavy atom. The van der Waals surface area contributed by atoms with Crippen LogP contribution in [0.2, 0.25) is 0 Å². The molecule has 0 spiro atoms. The number of ether oxygens (including phenoxy) is 2. The van der Waals surface area contributed by atoms with Crippen LogP contribution in [0.5, 0.6) is 5.75 Å². The molecular weight excluding hydrogens is 252 g/mol. The van der Waals surface area contributed by atoms with E-state index in [1.54, 1.807) is 29.6 Å². The molecular formula is C12H14N2O5. The van der Waals surface area contributed by atoms with E-state index in [4.69, 9.17) is 10.5 Å². The second-order valence-electron chi connectivity index (χ2n) is 3.59.